The van der Waals surface area contributed by atoms with Crippen molar-refractivity contribution >= 4 is 40.8 Å². The maximum Gasteiger partial charge on any atom is 0.573 e. The van der Waals surface area contributed by atoms with Crippen molar-refractivity contribution in [2.24, 2.45) is 0 Å². The number of aromatic nitrogens is 2. The second-order valence-electron chi connectivity index (χ2n) is 6.52. The molecule has 0 bridgehead atoms. The first kappa shape index (κ1) is 23.2. The van der Waals surface area contributed by atoms with E-state index >= 15 is 0 Å². The molecule has 0 saturated carbocycles. The Morgan fingerprint density at radius 2 is 1.77 bits per heavy atom. The van der Waals surface area contributed by atoms with Gasteiger partial charge >= 0.3 is 12.3 Å². The summed E-state index contributed by atoms with van der Waals surface area (Å²) < 4.78 is 46.2. The molecule has 2 aromatic heterocycles. The first-order valence-corrected chi connectivity index (χ1v) is 8.72. The molecule has 0 amide bonds. The fraction of sp³-hybridized carbons (Fsp3) is 0.250. The van der Waals surface area contributed by atoms with Crippen LogP contribution in [-0.2, 0) is 4.74 Å². The second-order valence-corrected chi connectivity index (χ2v) is 6.52. The van der Waals surface area contributed by atoms with Gasteiger partial charge in [0.2, 0.25) is 0 Å². The van der Waals surface area contributed by atoms with Gasteiger partial charge in [-0.1, -0.05) is 0 Å². The average molecular weight is 442 g/mol. The van der Waals surface area contributed by atoms with Crippen LogP contribution in [0, 0.1) is 6.92 Å². The first-order chi connectivity index (χ1) is 13.6. The predicted octanol–water partition coefficient (Wildman–Crippen LogP) is 5.57. The molecule has 0 saturated heterocycles. The number of benzene rings is 1. The zero-order valence-electron chi connectivity index (χ0n) is 16.3. The zero-order valence-corrected chi connectivity index (χ0v) is 17.1. The Bertz CT molecular complexity index is 1040. The average Bonchev–Trinajstić information content (AvgIpc) is 2.61. The maximum absolute atomic E-state index is 12.5. The van der Waals surface area contributed by atoms with Gasteiger partial charge in [-0.15, -0.1) is 25.6 Å². The van der Waals surface area contributed by atoms with E-state index in [1.54, 1.807) is 26.0 Å². The fourth-order valence-electron chi connectivity index (χ4n) is 2.62. The van der Waals surface area contributed by atoms with E-state index in [4.69, 9.17) is 4.74 Å². The molecular formula is C20H19ClF3N3O3. The summed E-state index contributed by atoms with van der Waals surface area (Å²) in [6.07, 6.45) is -3.74. The van der Waals surface area contributed by atoms with Crippen molar-refractivity contribution in [2.75, 3.05) is 5.32 Å². The van der Waals surface area contributed by atoms with E-state index in [9.17, 15) is 18.0 Å². The molecule has 0 atom stereocenters. The highest BCUT2D eigenvalue weighted by Gasteiger charge is 2.31. The molecule has 0 aliphatic carbocycles. The number of esters is 1. The van der Waals surface area contributed by atoms with Gasteiger partial charge in [-0.3, -0.25) is 0 Å². The minimum Gasteiger partial charge on any atom is -0.459 e. The van der Waals surface area contributed by atoms with Crippen LogP contribution in [0.25, 0.3) is 11.0 Å². The highest BCUT2D eigenvalue weighted by atomic mass is 35.5. The van der Waals surface area contributed by atoms with Crippen LogP contribution < -0.4 is 10.1 Å². The summed E-state index contributed by atoms with van der Waals surface area (Å²) in [6.45, 7) is 5.27. The lowest BCUT2D eigenvalue weighted by Gasteiger charge is -2.16. The Morgan fingerprint density at radius 3 is 2.37 bits per heavy atom. The molecule has 0 unspecified atom stereocenters. The summed E-state index contributed by atoms with van der Waals surface area (Å²) >= 11 is 0. The van der Waals surface area contributed by atoms with Gasteiger partial charge in [0.1, 0.15) is 11.3 Å². The standard InChI is InChI=1S/C20H18F3N3O3.ClH/c1-11(2)28-19(27)16-10-24-18-15(9-4-12(3)25-18)17(16)26-13-5-7-14(8-6-13)29-20(21,22)23;/h4-11H,1-3H3,(H,24,25,26);1H. The third kappa shape index (κ3) is 5.73. The van der Waals surface area contributed by atoms with E-state index in [1.165, 1.54) is 30.5 Å². The lowest BCUT2D eigenvalue weighted by molar-refractivity contribution is -0.274. The summed E-state index contributed by atoms with van der Waals surface area (Å²) in [5.41, 5.74) is 2.21. The Balaban J connectivity index is 0.00000320. The number of fused-ring (bicyclic) bond motifs is 1. The Kier molecular flexibility index (Phi) is 7.09. The van der Waals surface area contributed by atoms with Crippen molar-refractivity contribution in [3.05, 3.63) is 53.9 Å². The second kappa shape index (κ2) is 9.17. The Morgan fingerprint density at radius 1 is 1.10 bits per heavy atom. The van der Waals surface area contributed by atoms with Crippen LogP contribution in [0.4, 0.5) is 24.5 Å². The molecular weight excluding hydrogens is 423 g/mol. The molecule has 160 valence electrons. The summed E-state index contributed by atoms with van der Waals surface area (Å²) in [5, 5.41) is 3.64. The van der Waals surface area contributed by atoms with Crippen molar-refractivity contribution in [3.63, 3.8) is 0 Å². The molecule has 1 aromatic carbocycles. The van der Waals surface area contributed by atoms with Crippen LogP contribution in [-0.4, -0.2) is 28.4 Å². The van der Waals surface area contributed by atoms with Crippen LogP contribution in [0.5, 0.6) is 5.75 Å². The SMILES string of the molecule is Cc1ccc2c(Nc3ccc(OC(F)(F)F)cc3)c(C(=O)OC(C)C)cnc2n1.Cl. The number of hydrogen-bond donors (Lipinski definition) is 1. The molecule has 0 spiro atoms. The van der Waals surface area contributed by atoms with Crippen LogP contribution >= 0.6 is 12.4 Å². The molecule has 3 aromatic rings. The minimum absolute atomic E-state index is 0. The van der Waals surface area contributed by atoms with E-state index in [0.717, 1.165) is 5.69 Å². The van der Waals surface area contributed by atoms with Gasteiger partial charge < -0.3 is 14.8 Å². The normalized spacial score (nSPS) is 11.2. The van der Waals surface area contributed by atoms with Crippen molar-refractivity contribution in [3.8, 4) is 5.75 Å². The van der Waals surface area contributed by atoms with Gasteiger partial charge in [0.25, 0.3) is 0 Å². The lowest BCUT2D eigenvalue weighted by atomic mass is 10.1. The molecule has 10 heteroatoms. The van der Waals surface area contributed by atoms with Crippen molar-refractivity contribution in [1.29, 1.82) is 0 Å². The van der Waals surface area contributed by atoms with Crippen LogP contribution in [0.2, 0.25) is 0 Å². The summed E-state index contributed by atoms with van der Waals surface area (Å²) in [5.74, 6) is -0.922. The number of carbonyl (C=O) groups excluding carboxylic acids is 1. The molecule has 0 aliphatic heterocycles. The Hall–Kier alpha value is -3.07. The quantitative estimate of drug-likeness (QED) is 0.522. The summed E-state index contributed by atoms with van der Waals surface area (Å²) in [4.78, 5) is 21.1. The third-order valence-electron chi connectivity index (χ3n) is 3.79. The van der Waals surface area contributed by atoms with Crippen molar-refractivity contribution < 1.29 is 27.4 Å². The molecule has 2 heterocycles. The molecule has 6 nitrogen and oxygen atoms in total. The highest BCUT2D eigenvalue weighted by molar-refractivity contribution is 6.05. The number of halogens is 4. The number of carbonyl (C=O) groups is 1. The third-order valence-corrected chi connectivity index (χ3v) is 3.79. The van der Waals surface area contributed by atoms with E-state index in [2.05, 4.69) is 20.0 Å². The first-order valence-electron chi connectivity index (χ1n) is 8.72. The maximum atomic E-state index is 12.5. The number of ether oxygens (including phenoxy) is 2. The molecule has 0 aliphatic rings. The molecule has 0 fully saturated rings. The number of rotatable bonds is 5. The number of hydrogen-bond acceptors (Lipinski definition) is 6. The van der Waals surface area contributed by atoms with Crippen molar-refractivity contribution in [1.82, 2.24) is 9.97 Å². The van der Waals surface area contributed by atoms with E-state index in [0.29, 0.717) is 22.4 Å². The summed E-state index contributed by atoms with van der Waals surface area (Å²) in [7, 11) is 0. The van der Waals surface area contributed by atoms with Crippen LogP contribution in [0.3, 0.4) is 0 Å². The van der Waals surface area contributed by atoms with Gasteiger partial charge in [-0.25, -0.2) is 14.8 Å². The number of pyridine rings is 2. The monoisotopic (exact) mass is 441 g/mol. The topological polar surface area (TPSA) is 73.3 Å². The van der Waals surface area contributed by atoms with Gasteiger partial charge in [-0.05, 0) is 57.2 Å². The molecule has 3 rings (SSSR count). The number of nitrogens with zero attached hydrogens (tertiary/aromatic N) is 2. The smallest absolute Gasteiger partial charge is 0.459 e. The largest absolute Gasteiger partial charge is 0.573 e. The van der Waals surface area contributed by atoms with Crippen LogP contribution in [0.15, 0.2) is 42.6 Å². The lowest BCUT2D eigenvalue weighted by Crippen LogP contribution is -2.17. The number of aryl methyl sites for hydroxylation is 1. The molecule has 30 heavy (non-hydrogen) atoms. The Labute approximate surface area is 176 Å². The van der Waals surface area contributed by atoms with E-state index < -0.39 is 12.3 Å². The van der Waals surface area contributed by atoms with Gasteiger partial charge in [0, 0.05) is 23.0 Å². The highest BCUT2D eigenvalue weighted by Crippen LogP contribution is 2.31. The molecule has 0 radical (unpaired) electrons. The number of anilines is 2. The van der Waals surface area contributed by atoms with E-state index in [1.807, 2.05) is 6.92 Å². The molecule has 1 N–H and O–H groups in total. The zero-order chi connectivity index (χ0) is 21.2. The number of alkyl halides is 3. The minimum atomic E-state index is -4.77. The summed E-state index contributed by atoms with van der Waals surface area (Å²) in [6, 6.07) is 8.70. The van der Waals surface area contributed by atoms with E-state index in [-0.39, 0.29) is 29.8 Å². The van der Waals surface area contributed by atoms with Gasteiger partial charge in [-0.2, -0.15) is 0 Å². The van der Waals surface area contributed by atoms with Crippen molar-refractivity contribution in [2.45, 2.75) is 33.2 Å². The van der Waals surface area contributed by atoms with Gasteiger partial charge in [0.05, 0.1) is 11.8 Å². The van der Waals surface area contributed by atoms with Gasteiger partial charge in [0.15, 0.2) is 5.65 Å². The predicted molar refractivity (Wildman–Crippen MR) is 108 cm³/mol. The van der Waals surface area contributed by atoms with Crippen LogP contribution in [0.1, 0.15) is 29.9 Å². The number of nitrogens with one attached hydrogen (secondary N) is 1. The fourth-order valence-corrected chi connectivity index (χ4v) is 2.62.